The Morgan fingerprint density at radius 2 is 2.06 bits per heavy atom. The summed E-state index contributed by atoms with van der Waals surface area (Å²) in [7, 11) is 0. The van der Waals surface area contributed by atoms with Gasteiger partial charge in [-0.3, -0.25) is 4.79 Å². The summed E-state index contributed by atoms with van der Waals surface area (Å²) in [6, 6.07) is 1.79. The number of aryl methyl sites for hydroxylation is 1. The highest BCUT2D eigenvalue weighted by Crippen LogP contribution is 2.16. The molecular formula is C10H13F2N3O. The summed E-state index contributed by atoms with van der Waals surface area (Å²) in [5.41, 5.74) is 0.687. The number of nitrogens with one attached hydrogen (secondary N) is 1. The van der Waals surface area contributed by atoms with Gasteiger partial charge >= 0.3 is 0 Å². The van der Waals surface area contributed by atoms with Gasteiger partial charge in [-0.1, -0.05) is 0 Å². The largest absolute Gasteiger partial charge is 0.342 e. The predicted octanol–water partition coefficient (Wildman–Crippen LogP) is 1.56. The molecule has 1 amide bonds. The minimum Gasteiger partial charge on any atom is -0.342 e. The van der Waals surface area contributed by atoms with E-state index in [-0.39, 0.29) is 5.69 Å². The van der Waals surface area contributed by atoms with Gasteiger partial charge in [0.1, 0.15) is 0 Å². The van der Waals surface area contributed by atoms with Crippen LogP contribution in [0.25, 0.3) is 0 Å². The Hall–Kier alpha value is -1.59. The van der Waals surface area contributed by atoms with Gasteiger partial charge in [-0.05, 0) is 26.0 Å². The Bertz CT molecular complexity index is 373. The van der Waals surface area contributed by atoms with Gasteiger partial charge in [-0.2, -0.15) is 5.10 Å². The summed E-state index contributed by atoms with van der Waals surface area (Å²) in [5.74, 6) is -3.62. The van der Waals surface area contributed by atoms with Crippen molar-refractivity contribution in [1.29, 1.82) is 0 Å². The molecule has 1 atom stereocenters. The second kappa shape index (κ2) is 4.51. The minimum absolute atomic E-state index is 0.0294. The number of hydrogen-bond donors (Lipinski definition) is 1. The number of carbonyl (C=O) groups is 1. The van der Waals surface area contributed by atoms with Gasteiger partial charge < -0.3 is 5.32 Å². The van der Waals surface area contributed by atoms with Crippen molar-refractivity contribution in [3.05, 3.63) is 23.5 Å². The smallest absolute Gasteiger partial charge is 0.272 e. The van der Waals surface area contributed by atoms with Crippen molar-refractivity contribution < 1.29 is 13.6 Å². The van der Waals surface area contributed by atoms with E-state index in [0.29, 0.717) is 5.69 Å². The summed E-state index contributed by atoms with van der Waals surface area (Å²) < 4.78 is 25.6. The molecule has 0 spiro atoms. The average molecular weight is 229 g/mol. The fourth-order valence-electron chi connectivity index (χ4n) is 0.917. The molecule has 4 nitrogen and oxygen atoms in total. The average Bonchev–Trinajstić information content (AvgIpc) is 2.17. The number of nitrogens with zero attached hydrogens (tertiary/aromatic N) is 2. The third-order valence-electron chi connectivity index (χ3n) is 2.14. The van der Waals surface area contributed by atoms with Crippen LogP contribution in [-0.4, -0.2) is 28.1 Å². The molecule has 0 bridgehead atoms. The third-order valence-corrected chi connectivity index (χ3v) is 2.14. The monoisotopic (exact) mass is 229 g/mol. The van der Waals surface area contributed by atoms with Crippen LogP contribution in [0.4, 0.5) is 8.78 Å². The van der Waals surface area contributed by atoms with Crippen LogP contribution in [0, 0.1) is 6.92 Å². The molecule has 1 aromatic rings. The molecule has 0 saturated heterocycles. The Kier molecular flexibility index (Phi) is 3.51. The van der Waals surface area contributed by atoms with Crippen LogP contribution in [-0.2, 0) is 0 Å². The summed E-state index contributed by atoms with van der Waals surface area (Å²) in [6.07, 6.45) is 0. The topological polar surface area (TPSA) is 54.9 Å². The highest BCUT2D eigenvalue weighted by atomic mass is 19.3. The van der Waals surface area contributed by atoms with E-state index in [9.17, 15) is 13.6 Å². The van der Waals surface area contributed by atoms with Crippen LogP contribution >= 0.6 is 0 Å². The third kappa shape index (κ3) is 3.22. The van der Waals surface area contributed by atoms with E-state index in [0.717, 1.165) is 6.92 Å². The Labute approximate surface area is 92.1 Å². The summed E-state index contributed by atoms with van der Waals surface area (Å²) in [5, 5.41) is 9.44. The molecule has 16 heavy (non-hydrogen) atoms. The van der Waals surface area contributed by atoms with Crippen LogP contribution in [0.2, 0.25) is 0 Å². The van der Waals surface area contributed by atoms with Crippen molar-refractivity contribution >= 4 is 5.91 Å². The quantitative estimate of drug-likeness (QED) is 0.855. The summed E-state index contributed by atoms with van der Waals surface area (Å²) in [4.78, 5) is 11.5. The second-order valence-corrected chi connectivity index (χ2v) is 3.71. The highest BCUT2D eigenvalue weighted by Gasteiger charge is 2.31. The zero-order chi connectivity index (χ0) is 12.3. The first-order chi connectivity index (χ1) is 7.30. The van der Waals surface area contributed by atoms with Crippen LogP contribution in [0.15, 0.2) is 12.1 Å². The van der Waals surface area contributed by atoms with Gasteiger partial charge in [0.15, 0.2) is 5.69 Å². The Balaban J connectivity index is 2.70. The molecule has 0 aliphatic heterocycles. The van der Waals surface area contributed by atoms with Crippen molar-refractivity contribution in [2.24, 2.45) is 0 Å². The molecule has 1 heterocycles. The highest BCUT2D eigenvalue weighted by molar-refractivity contribution is 5.92. The lowest BCUT2D eigenvalue weighted by atomic mass is 10.2. The maximum absolute atomic E-state index is 12.8. The SMILES string of the molecule is Cc1ccc(C(=O)N[C@H](C)C(C)(F)F)nn1. The lowest BCUT2D eigenvalue weighted by Crippen LogP contribution is -2.44. The van der Waals surface area contributed by atoms with E-state index in [4.69, 9.17) is 0 Å². The van der Waals surface area contributed by atoms with E-state index in [1.54, 1.807) is 13.0 Å². The van der Waals surface area contributed by atoms with Gasteiger partial charge in [0.2, 0.25) is 0 Å². The maximum Gasteiger partial charge on any atom is 0.272 e. The van der Waals surface area contributed by atoms with Crippen LogP contribution < -0.4 is 5.32 Å². The molecule has 1 rings (SSSR count). The van der Waals surface area contributed by atoms with Gasteiger partial charge in [0.25, 0.3) is 11.8 Å². The first-order valence-electron chi connectivity index (χ1n) is 4.79. The molecule has 0 saturated carbocycles. The number of amides is 1. The molecule has 6 heteroatoms. The summed E-state index contributed by atoms with van der Waals surface area (Å²) in [6.45, 7) is 3.70. The van der Waals surface area contributed by atoms with Crippen molar-refractivity contribution in [3.8, 4) is 0 Å². The molecule has 0 fully saturated rings. The number of halogens is 2. The number of hydrogen-bond acceptors (Lipinski definition) is 3. The number of carbonyl (C=O) groups excluding carboxylic acids is 1. The van der Waals surface area contributed by atoms with Gasteiger partial charge in [0.05, 0.1) is 11.7 Å². The van der Waals surface area contributed by atoms with Crippen molar-refractivity contribution in [2.45, 2.75) is 32.7 Å². The van der Waals surface area contributed by atoms with E-state index in [1.165, 1.54) is 13.0 Å². The van der Waals surface area contributed by atoms with Crippen molar-refractivity contribution in [1.82, 2.24) is 15.5 Å². The number of alkyl halides is 2. The lowest BCUT2D eigenvalue weighted by Gasteiger charge is -2.20. The number of rotatable bonds is 3. The summed E-state index contributed by atoms with van der Waals surface area (Å²) >= 11 is 0. The van der Waals surface area contributed by atoms with Gasteiger partial charge in [0, 0.05) is 6.92 Å². The Morgan fingerprint density at radius 3 is 2.50 bits per heavy atom. The van der Waals surface area contributed by atoms with Crippen LogP contribution in [0.5, 0.6) is 0 Å². The molecule has 1 aromatic heterocycles. The molecule has 88 valence electrons. The van der Waals surface area contributed by atoms with Crippen molar-refractivity contribution in [2.75, 3.05) is 0 Å². The normalized spacial score (nSPS) is 13.3. The van der Waals surface area contributed by atoms with Gasteiger partial charge in [-0.25, -0.2) is 8.78 Å². The lowest BCUT2D eigenvalue weighted by molar-refractivity contribution is -0.0109. The van der Waals surface area contributed by atoms with Crippen molar-refractivity contribution in [3.63, 3.8) is 0 Å². The van der Waals surface area contributed by atoms with E-state index in [1.807, 2.05) is 0 Å². The Morgan fingerprint density at radius 1 is 1.44 bits per heavy atom. The van der Waals surface area contributed by atoms with Crippen LogP contribution in [0.1, 0.15) is 30.0 Å². The molecule has 0 unspecified atom stereocenters. The molecule has 0 aromatic carbocycles. The zero-order valence-electron chi connectivity index (χ0n) is 9.29. The fourth-order valence-corrected chi connectivity index (χ4v) is 0.917. The molecule has 0 aliphatic carbocycles. The van der Waals surface area contributed by atoms with E-state index in [2.05, 4.69) is 15.5 Å². The predicted molar refractivity (Wildman–Crippen MR) is 54.3 cm³/mol. The minimum atomic E-state index is -2.96. The van der Waals surface area contributed by atoms with E-state index < -0.39 is 17.9 Å². The number of aromatic nitrogens is 2. The van der Waals surface area contributed by atoms with E-state index >= 15 is 0 Å². The molecular weight excluding hydrogens is 216 g/mol. The molecule has 0 aliphatic rings. The fraction of sp³-hybridized carbons (Fsp3) is 0.500. The maximum atomic E-state index is 12.8. The zero-order valence-corrected chi connectivity index (χ0v) is 9.29. The second-order valence-electron chi connectivity index (χ2n) is 3.71. The first kappa shape index (κ1) is 12.5. The standard InChI is InChI=1S/C10H13F2N3O/c1-6-4-5-8(15-14-6)9(16)13-7(2)10(3,11)12/h4-5,7H,1-3H3,(H,13,16)/t7-/m1/s1. The van der Waals surface area contributed by atoms with Gasteiger partial charge in [-0.15, -0.1) is 5.10 Å². The molecule has 0 radical (unpaired) electrons. The van der Waals surface area contributed by atoms with Crippen LogP contribution in [0.3, 0.4) is 0 Å². The first-order valence-corrected chi connectivity index (χ1v) is 4.79. The molecule has 1 N–H and O–H groups in total.